The van der Waals surface area contributed by atoms with Gasteiger partial charge in [0.1, 0.15) is 11.3 Å². The Hall–Kier alpha value is -2.91. The molecular formula is C14H15BN2O7. The molecule has 1 amide bonds. The van der Waals surface area contributed by atoms with E-state index in [1.54, 1.807) is 12.1 Å². The number of hydrogen-bond donors (Lipinski definition) is 1. The van der Waals surface area contributed by atoms with E-state index in [1.165, 1.54) is 19.9 Å². The predicted octanol–water partition coefficient (Wildman–Crippen LogP) is 0.597. The number of nitrogens with one attached hydrogen (secondary N) is 1. The van der Waals surface area contributed by atoms with Crippen LogP contribution >= 0.6 is 0 Å². The average molecular weight is 334 g/mol. The molecule has 0 bridgehead atoms. The molecular weight excluding hydrogens is 319 g/mol. The summed E-state index contributed by atoms with van der Waals surface area (Å²) in [5.41, 5.74) is 0.699. The third-order valence-corrected chi connectivity index (χ3v) is 3.28. The van der Waals surface area contributed by atoms with E-state index in [0.29, 0.717) is 5.56 Å². The maximum absolute atomic E-state index is 12.1. The number of ether oxygens (including phenoxy) is 2. The number of nitrogens with zero attached hydrogens (tertiary/aromatic N) is 1. The fourth-order valence-electron chi connectivity index (χ4n) is 2.31. The van der Waals surface area contributed by atoms with Gasteiger partial charge in [0, 0.05) is 13.8 Å². The topological polar surface area (TPSA) is 120 Å². The highest BCUT2D eigenvalue weighted by Crippen LogP contribution is 2.31. The number of hydrogen-bond acceptors (Lipinski definition) is 8. The molecule has 1 atom stereocenters. The molecule has 0 aromatic heterocycles. The standard InChI is InChI=1S/C14H15BN2O7/c1-8(18)16-12-6-10-4-3-5-11(13(10)24-15(12)17-21)14(20)23-7-22-9(2)19/h3-5,12H,6-7H2,1-2H3,(H,16,18)/t12-/m0/s1. The Morgan fingerprint density at radius 1 is 1.33 bits per heavy atom. The van der Waals surface area contributed by atoms with Gasteiger partial charge >= 0.3 is 19.0 Å². The fourth-order valence-corrected chi connectivity index (χ4v) is 2.31. The number of carbonyl (C=O) groups excluding carboxylic acids is 3. The Morgan fingerprint density at radius 3 is 2.71 bits per heavy atom. The van der Waals surface area contributed by atoms with Crippen LogP contribution in [0.2, 0.25) is 0 Å². The average Bonchev–Trinajstić information content (AvgIpc) is 2.52. The summed E-state index contributed by atoms with van der Waals surface area (Å²) < 4.78 is 14.8. The van der Waals surface area contributed by atoms with E-state index in [4.69, 9.17) is 9.39 Å². The molecule has 0 saturated heterocycles. The summed E-state index contributed by atoms with van der Waals surface area (Å²) in [6, 6.07) is 4.77. The molecule has 1 heterocycles. The van der Waals surface area contributed by atoms with E-state index in [0.717, 1.165) is 0 Å². The van der Waals surface area contributed by atoms with Crippen LogP contribution in [-0.4, -0.2) is 37.6 Å². The molecule has 1 aliphatic heterocycles. The molecule has 126 valence electrons. The summed E-state index contributed by atoms with van der Waals surface area (Å²) in [7, 11) is -1.16. The van der Waals surface area contributed by atoms with Gasteiger partial charge in [-0.3, -0.25) is 9.59 Å². The first-order valence-corrected chi connectivity index (χ1v) is 7.11. The van der Waals surface area contributed by atoms with Crippen LogP contribution in [0.3, 0.4) is 0 Å². The van der Waals surface area contributed by atoms with Gasteiger partial charge in [-0.15, -0.1) is 0 Å². The Balaban J connectivity index is 2.20. The molecule has 9 nitrogen and oxygen atoms in total. The van der Waals surface area contributed by atoms with Crippen molar-refractivity contribution >= 4 is 24.9 Å². The van der Waals surface area contributed by atoms with Crippen molar-refractivity contribution in [1.29, 1.82) is 0 Å². The van der Waals surface area contributed by atoms with E-state index < -0.39 is 31.7 Å². The Kier molecular flexibility index (Phi) is 5.51. The normalized spacial score (nSPS) is 15.6. The van der Waals surface area contributed by atoms with Gasteiger partial charge in [0.25, 0.3) is 0 Å². The third kappa shape index (κ3) is 4.09. The molecule has 1 aromatic rings. The molecule has 2 rings (SSSR count). The van der Waals surface area contributed by atoms with Crippen LogP contribution in [-0.2, 0) is 25.5 Å². The highest BCUT2D eigenvalue weighted by atomic mass is 16.7. The maximum atomic E-state index is 12.1. The molecule has 0 unspecified atom stereocenters. The minimum atomic E-state index is -1.16. The van der Waals surface area contributed by atoms with Crippen molar-refractivity contribution in [2.45, 2.75) is 26.2 Å². The number of para-hydroxylation sites is 1. The number of nitroso groups, excluding NO2 is 1. The summed E-state index contributed by atoms with van der Waals surface area (Å²) in [5.74, 6) is -2.14. The molecule has 0 fully saturated rings. The molecule has 1 N–H and O–H groups in total. The van der Waals surface area contributed by atoms with Gasteiger partial charge in [-0.25, -0.2) is 4.79 Å². The van der Waals surface area contributed by atoms with Gasteiger partial charge in [0.15, 0.2) is 0 Å². The largest absolute Gasteiger partial charge is 0.570 e. The van der Waals surface area contributed by atoms with E-state index in [1.807, 2.05) is 0 Å². The van der Waals surface area contributed by atoms with Crippen molar-refractivity contribution in [1.82, 2.24) is 5.32 Å². The lowest BCUT2D eigenvalue weighted by atomic mass is 9.68. The number of amides is 1. The second-order valence-electron chi connectivity index (χ2n) is 5.10. The molecule has 10 heteroatoms. The number of esters is 2. The van der Waals surface area contributed by atoms with Gasteiger partial charge in [-0.2, -0.15) is 4.91 Å². The molecule has 0 saturated carbocycles. The quantitative estimate of drug-likeness (QED) is 0.362. The zero-order chi connectivity index (χ0) is 17.7. The maximum Gasteiger partial charge on any atom is 0.570 e. The van der Waals surface area contributed by atoms with Gasteiger partial charge < -0.3 is 19.4 Å². The van der Waals surface area contributed by atoms with Crippen molar-refractivity contribution in [2.75, 3.05) is 6.79 Å². The SMILES string of the molecule is CC(=O)N[C@H]1Cc2cccc(C(=O)OCOC(C)=O)c2OB1N=O. The Morgan fingerprint density at radius 2 is 2.08 bits per heavy atom. The first-order valence-electron chi connectivity index (χ1n) is 7.11. The first-order chi connectivity index (χ1) is 11.4. The van der Waals surface area contributed by atoms with Crippen molar-refractivity contribution in [2.24, 2.45) is 5.09 Å². The number of rotatable bonds is 5. The second-order valence-corrected chi connectivity index (χ2v) is 5.10. The predicted molar refractivity (Wildman–Crippen MR) is 82.0 cm³/mol. The second kappa shape index (κ2) is 7.58. The van der Waals surface area contributed by atoms with Crippen LogP contribution in [0.1, 0.15) is 29.8 Å². The van der Waals surface area contributed by atoms with Crippen LogP contribution in [0.5, 0.6) is 5.75 Å². The molecule has 24 heavy (non-hydrogen) atoms. The molecule has 0 aliphatic carbocycles. The van der Waals surface area contributed by atoms with E-state index in [9.17, 15) is 19.3 Å². The molecule has 1 aliphatic rings. The summed E-state index contributed by atoms with van der Waals surface area (Å²) in [6.45, 7) is 1.98. The van der Waals surface area contributed by atoms with Crippen LogP contribution < -0.4 is 9.97 Å². The van der Waals surface area contributed by atoms with Crippen molar-refractivity contribution in [3.63, 3.8) is 0 Å². The van der Waals surface area contributed by atoms with Crippen molar-refractivity contribution in [3.8, 4) is 5.75 Å². The summed E-state index contributed by atoms with van der Waals surface area (Å²) >= 11 is 0. The Bertz CT molecular complexity index is 679. The third-order valence-electron chi connectivity index (χ3n) is 3.28. The highest BCUT2D eigenvalue weighted by molar-refractivity contribution is 6.53. The molecule has 1 aromatic carbocycles. The minimum absolute atomic E-state index is 0.0783. The van der Waals surface area contributed by atoms with Crippen LogP contribution in [0.25, 0.3) is 0 Å². The van der Waals surface area contributed by atoms with E-state index in [2.05, 4.69) is 15.1 Å². The van der Waals surface area contributed by atoms with Gasteiger partial charge in [-0.05, 0) is 18.1 Å². The van der Waals surface area contributed by atoms with Crippen LogP contribution in [0, 0.1) is 4.91 Å². The van der Waals surface area contributed by atoms with Crippen LogP contribution in [0.4, 0.5) is 0 Å². The summed E-state index contributed by atoms with van der Waals surface area (Å²) in [4.78, 5) is 45.0. The van der Waals surface area contributed by atoms with Crippen molar-refractivity contribution < 1.29 is 28.5 Å². The van der Waals surface area contributed by atoms with Gasteiger partial charge in [0.2, 0.25) is 12.7 Å². The molecule has 0 spiro atoms. The van der Waals surface area contributed by atoms with Crippen molar-refractivity contribution in [3.05, 3.63) is 34.2 Å². The Labute approximate surface area is 137 Å². The summed E-state index contributed by atoms with van der Waals surface area (Å²) in [5, 5.41) is 5.45. The van der Waals surface area contributed by atoms with E-state index in [-0.39, 0.29) is 23.6 Å². The van der Waals surface area contributed by atoms with Gasteiger partial charge in [-0.1, -0.05) is 17.2 Å². The smallest absolute Gasteiger partial charge is 0.536 e. The lowest BCUT2D eigenvalue weighted by Gasteiger charge is -2.28. The summed E-state index contributed by atoms with van der Waals surface area (Å²) in [6.07, 6.45) is 0.274. The number of fused-ring (bicyclic) bond motifs is 1. The highest BCUT2D eigenvalue weighted by Gasteiger charge is 2.40. The lowest BCUT2D eigenvalue weighted by Crippen LogP contribution is -2.51. The zero-order valence-corrected chi connectivity index (χ0v) is 13.1. The monoisotopic (exact) mass is 334 g/mol. The zero-order valence-electron chi connectivity index (χ0n) is 13.1. The number of carbonyl (C=O) groups is 3. The molecule has 0 radical (unpaired) electrons. The van der Waals surface area contributed by atoms with E-state index >= 15 is 0 Å². The minimum Gasteiger partial charge on any atom is -0.536 e. The first kappa shape index (κ1) is 17.4. The number of benzene rings is 1. The van der Waals surface area contributed by atoms with Crippen LogP contribution in [0.15, 0.2) is 23.3 Å². The van der Waals surface area contributed by atoms with Gasteiger partial charge in [0.05, 0.1) is 5.94 Å². The lowest BCUT2D eigenvalue weighted by molar-refractivity contribution is -0.149. The fraction of sp³-hybridized carbons (Fsp3) is 0.357.